The summed E-state index contributed by atoms with van der Waals surface area (Å²) in [7, 11) is 0. The van der Waals surface area contributed by atoms with E-state index in [2.05, 4.69) is 21.8 Å². The minimum atomic E-state index is -0.0931. The molecule has 2 aliphatic heterocycles. The summed E-state index contributed by atoms with van der Waals surface area (Å²) in [5.74, 6) is 0.368. The van der Waals surface area contributed by atoms with E-state index in [0.29, 0.717) is 39.9 Å². The Balaban J connectivity index is 1.82. The van der Waals surface area contributed by atoms with Crippen LogP contribution in [0.5, 0.6) is 0 Å². The zero-order valence-electron chi connectivity index (χ0n) is 17.9. The van der Waals surface area contributed by atoms with Gasteiger partial charge in [-0.05, 0) is 38.5 Å². The lowest BCUT2D eigenvalue weighted by Crippen LogP contribution is -2.41. The molecule has 0 atom stereocenters. The smallest absolute Gasteiger partial charge is 0.223 e. The van der Waals surface area contributed by atoms with Crippen LogP contribution in [0.3, 0.4) is 0 Å². The molecule has 1 fully saturated rings. The molecule has 0 bridgehead atoms. The van der Waals surface area contributed by atoms with Crippen LogP contribution in [0.25, 0.3) is 23.6 Å². The molecular weight excluding hydrogens is 382 g/mol. The first-order valence-corrected chi connectivity index (χ1v) is 10.2. The number of carbonyl (C=O) groups excluding carboxylic acids is 1. The van der Waals surface area contributed by atoms with Gasteiger partial charge in [-0.3, -0.25) is 14.5 Å². The van der Waals surface area contributed by atoms with Gasteiger partial charge < -0.3 is 14.5 Å². The summed E-state index contributed by atoms with van der Waals surface area (Å²) in [6.07, 6.45) is 5.22. The molecule has 0 aromatic heterocycles. The number of benzene rings is 1. The topological polar surface area (TPSA) is 84.7 Å². The number of allylic oxidation sites excluding steroid dienone is 1. The third kappa shape index (κ3) is 4.86. The fourth-order valence-electron chi connectivity index (χ4n) is 3.49. The zero-order chi connectivity index (χ0) is 21.7. The largest absolute Gasteiger partial charge is 0.453 e. The summed E-state index contributed by atoms with van der Waals surface area (Å²) in [5.41, 5.74) is 3.06. The van der Waals surface area contributed by atoms with Crippen molar-refractivity contribution in [2.75, 3.05) is 39.4 Å². The van der Waals surface area contributed by atoms with Gasteiger partial charge in [0.1, 0.15) is 16.5 Å². The van der Waals surface area contributed by atoms with Crippen LogP contribution >= 0.6 is 0 Å². The normalized spacial score (nSPS) is 16.2. The van der Waals surface area contributed by atoms with Gasteiger partial charge in [0.15, 0.2) is 11.2 Å². The Morgan fingerprint density at radius 3 is 2.63 bits per heavy atom. The van der Waals surface area contributed by atoms with E-state index in [0.717, 1.165) is 38.4 Å². The van der Waals surface area contributed by atoms with Crippen LogP contribution in [0.1, 0.15) is 23.1 Å². The lowest BCUT2D eigenvalue weighted by molar-refractivity contribution is -0.120. The number of morpholine rings is 1. The maximum atomic E-state index is 12.4. The predicted octanol–water partition coefficient (Wildman–Crippen LogP) is 0.650. The molecule has 2 heterocycles. The van der Waals surface area contributed by atoms with Gasteiger partial charge in [-0.2, -0.15) is 0 Å². The summed E-state index contributed by atoms with van der Waals surface area (Å²) in [6, 6.07) is 0. The molecule has 7 nitrogen and oxygen atoms in total. The van der Waals surface area contributed by atoms with Crippen molar-refractivity contribution < 1.29 is 13.9 Å². The lowest BCUT2D eigenvalue weighted by Gasteiger charge is -2.26. The summed E-state index contributed by atoms with van der Waals surface area (Å²) in [6.45, 7) is 13.8. The van der Waals surface area contributed by atoms with Crippen LogP contribution in [0.4, 0.5) is 0 Å². The molecule has 0 aromatic rings. The molecule has 1 N–H and O–H groups in total. The molecule has 0 radical (unpaired) electrons. The minimum absolute atomic E-state index is 0.0437. The maximum Gasteiger partial charge on any atom is 0.223 e. The highest BCUT2D eigenvalue weighted by atomic mass is 16.5. The molecule has 0 saturated carbocycles. The quantitative estimate of drug-likeness (QED) is 0.752. The van der Waals surface area contributed by atoms with Gasteiger partial charge in [0.25, 0.3) is 0 Å². The first-order chi connectivity index (χ1) is 14.4. The Morgan fingerprint density at radius 1 is 1.20 bits per heavy atom. The Labute approximate surface area is 176 Å². The van der Waals surface area contributed by atoms with Gasteiger partial charge in [-0.25, -0.2) is 4.98 Å². The Kier molecular flexibility index (Phi) is 7.18. The van der Waals surface area contributed by atoms with E-state index in [1.807, 2.05) is 6.92 Å². The molecule has 7 heteroatoms. The molecule has 0 spiro atoms. The number of hydrogen-bond acceptors (Lipinski definition) is 6. The number of rotatable bonds is 6. The third-order valence-corrected chi connectivity index (χ3v) is 5.45. The molecular formula is C23H29N3O4. The number of hydrogen-bond donors (Lipinski definition) is 1. The number of aromatic nitrogens is 1. The molecule has 3 aliphatic rings. The lowest BCUT2D eigenvalue weighted by atomic mass is 9.99. The summed E-state index contributed by atoms with van der Waals surface area (Å²) < 4.78 is 11.4. The number of nitrogens with one attached hydrogen (secondary N) is 1. The first-order valence-electron chi connectivity index (χ1n) is 10.2. The van der Waals surface area contributed by atoms with Crippen molar-refractivity contribution in [1.29, 1.82) is 0 Å². The van der Waals surface area contributed by atoms with Crippen molar-refractivity contribution >= 4 is 18.1 Å². The van der Waals surface area contributed by atoms with Crippen LogP contribution in [0.2, 0.25) is 0 Å². The highest BCUT2D eigenvalue weighted by Crippen LogP contribution is 2.24. The van der Waals surface area contributed by atoms with E-state index in [1.54, 1.807) is 32.1 Å². The number of nitrogens with zero attached hydrogens (tertiary/aromatic N) is 2. The van der Waals surface area contributed by atoms with Gasteiger partial charge >= 0.3 is 0 Å². The van der Waals surface area contributed by atoms with Crippen molar-refractivity contribution in [3.63, 3.8) is 0 Å². The minimum Gasteiger partial charge on any atom is -0.453 e. The van der Waals surface area contributed by atoms with Crippen LogP contribution in [0.15, 0.2) is 21.9 Å². The van der Waals surface area contributed by atoms with Crippen LogP contribution < -0.4 is 21.5 Å². The second-order valence-corrected chi connectivity index (χ2v) is 7.46. The van der Waals surface area contributed by atoms with Gasteiger partial charge in [-0.15, -0.1) is 0 Å². The molecule has 0 unspecified atom stereocenters. The summed E-state index contributed by atoms with van der Waals surface area (Å²) >= 11 is 0. The van der Waals surface area contributed by atoms with Crippen molar-refractivity contribution in [2.24, 2.45) is 0 Å². The van der Waals surface area contributed by atoms with Gasteiger partial charge in [0.05, 0.1) is 13.2 Å². The second-order valence-electron chi connectivity index (χ2n) is 7.46. The zero-order valence-corrected chi connectivity index (χ0v) is 17.9. The van der Waals surface area contributed by atoms with Gasteiger partial charge in [0.2, 0.25) is 5.91 Å². The highest BCUT2D eigenvalue weighted by molar-refractivity contribution is 5.80. The highest BCUT2D eigenvalue weighted by Gasteiger charge is 2.19. The molecule has 30 heavy (non-hydrogen) atoms. The monoisotopic (exact) mass is 411 g/mol. The van der Waals surface area contributed by atoms with Gasteiger partial charge in [0, 0.05) is 43.7 Å². The SMILES string of the molecule is C=C/C=c1/nc2c(C)c(C)c(=O)c(C)c-2o/c1=C/CC(=O)NCCN1CCOCC1. The van der Waals surface area contributed by atoms with Crippen LogP contribution in [0, 0.1) is 20.8 Å². The van der Waals surface area contributed by atoms with E-state index in [4.69, 9.17) is 9.15 Å². The van der Waals surface area contributed by atoms with E-state index >= 15 is 0 Å². The van der Waals surface area contributed by atoms with E-state index in [9.17, 15) is 9.59 Å². The molecule has 1 aliphatic carbocycles. The molecule has 0 aromatic carbocycles. The van der Waals surface area contributed by atoms with E-state index in [-0.39, 0.29) is 17.8 Å². The van der Waals surface area contributed by atoms with Crippen molar-refractivity contribution in [1.82, 2.24) is 15.2 Å². The van der Waals surface area contributed by atoms with E-state index < -0.39 is 0 Å². The van der Waals surface area contributed by atoms with Crippen molar-refractivity contribution in [3.8, 4) is 11.5 Å². The van der Waals surface area contributed by atoms with Crippen LogP contribution in [-0.4, -0.2) is 55.2 Å². The fraction of sp³-hybridized carbons (Fsp3) is 0.435. The number of carbonyl (C=O) groups is 1. The number of amides is 1. The summed E-state index contributed by atoms with van der Waals surface area (Å²) in [5, 5.41) is 3.51. The third-order valence-electron chi connectivity index (χ3n) is 5.45. The number of ether oxygens (including phenoxy) is 1. The van der Waals surface area contributed by atoms with E-state index in [1.165, 1.54) is 0 Å². The average Bonchev–Trinajstić information content (AvgIpc) is 2.76. The molecule has 1 saturated heterocycles. The van der Waals surface area contributed by atoms with Crippen molar-refractivity contribution in [2.45, 2.75) is 27.2 Å². The number of fused-ring (bicyclic) bond motifs is 1. The van der Waals surface area contributed by atoms with Crippen LogP contribution in [-0.2, 0) is 9.53 Å². The van der Waals surface area contributed by atoms with Gasteiger partial charge in [-0.1, -0.05) is 12.7 Å². The maximum absolute atomic E-state index is 12.4. The Bertz CT molecular complexity index is 1080. The average molecular weight is 412 g/mol. The summed E-state index contributed by atoms with van der Waals surface area (Å²) in [4.78, 5) is 31.7. The Hall–Kier alpha value is -2.77. The molecule has 1 amide bonds. The second kappa shape index (κ2) is 9.82. The molecule has 3 rings (SSSR count). The standard InChI is InChI=1S/C23H29N3O4/c1-5-6-18-19(7-8-20(27)24-9-10-26-11-13-29-14-12-26)30-23-17(4)22(28)16(3)15(2)21(23)25-18/h5-7H,1,8-14H2,2-4H3,(H,24,27)/b18-6+,19-7+. The predicted molar refractivity (Wildman–Crippen MR) is 117 cm³/mol. The first kappa shape index (κ1) is 21.9. The van der Waals surface area contributed by atoms with Crippen molar-refractivity contribution in [3.05, 3.63) is 50.3 Å². The Morgan fingerprint density at radius 2 is 1.93 bits per heavy atom. The molecule has 160 valence electrons. The fourth-order valence-corrected chi connectivity index (χ4v) is 3.49.